The summed E-state index contributed by atoms with van der Waals surface area (Å²) < 4.78 is 6.75. The van der Waals surface area contributed by atoms with Gasteiger partial charge in [-0.15, -0.1) is 0 Å². The summed E-state index contributed by atoms with van der Waals surface area (Å²) in [5, 5.41) is 5.18. The highest BCUT2D eigenvalue weighted by Gasteiger charge is 2.15. The number of aromatic nitrogens is 3. The molecule has 0 spiro atoms. The Labute approximate surface area is 125 Å². The molecule has 0 aliphatic rings. The second-order valence-electron chi connectivity index (χ2n) is 4.33. The van der Waals surface area contributed by atoms with Crippen LogP contribution in [0.15, 0.2) is 30.3 Å². The zero-order chi connectivity index (χ0) is 14.3. The van der Waals surface area contributed by atoms with Crippen molar-refractivity contribution in [2.45, 2.75) is 6.92 Å². The van der Waals surface area contributed by atoms with Gasteiger partial charge in [-0.3, -0.25) is 0 Å². The maximum Gasteiger partial charge on any atom is 0.166 e. The Morgan fingerprint density at radius 3 is 2.50 bits per heavy atom. The summed E-state index contributed by atoms with van der Waals surface area (Å²) in [6, 6.07) is 9.27. The highest BCUT2D eigenvalue weighted by Crippen LogP contribution is 2.30. The van der Waals surface area contributed by atoms with Crippen molar-refractivity contribution in [2.75, 3.05) is 7.11 Å². The van der Waals surface area contributed by atoms with Gasteiger partial charge < -0.3 is 4.74 Å². The SMILES string of the molecule is COc1ccc(-c2c(C)nn3c(Cl)cc(Cl)nc23)cc1. The molecule has 0 fully saturated rings. The molecule has 0 unspecified atom stereocenters. The van der Waals surface area contributed by atoms with Crippen LogP contribution in [0.25, 0.3) is 16.8 Å². The molecule has 4 nitrogen and oxygen atoms in total. The number of hydrogen-bond donors (Lipinski definition) is 0. The summed E-state index contributed by atoms with van der Waals surface area (Å²) in [6.07, 6.45) is 0. The van der Waals surface area contributed by atoms with E-state index in [0.29, 0.717) is 16.0 Å². The summed E-state index contributed by atoms with van der Waals surface area (Å²) >= 11 is 12.1. The van der Waals surface area contributed by atoms with Crippen molar-refractivity contribution in [1.29, 1.82) is 0 Å². The van der Waals surface area contributed by atoms with Gasteiger partial charge in [0.1, 0.15) is 16.1 Å². The first-order valence-electron chi connectivity index (χ1n) is 5.96. The number of ether oxygens (including phenoxy) is 1. The van der Waals surface area contributed by atoms with Crippen LogP contribution in [0, 0.1) is 6.92 Å². The first-order chi connectivity index (χ1) is 9.60. The van der Waals surface area contributed by atoms with Crippen LogP contribution in [0.5, 0.6) is 5.75 Å². The largest absolute Gasteiger partial charge is 0.497 e. The molecule has 0 saturated heterocycles. The van der Waals surface area contributed by atoms with Gasteiger partial charge in [0.05, 0.1) is 12.8 Å². The number of benzene rings is 1. The Bertz CT molecular complexity index is 781. The first-order valence-corrected chi connectivity index (χ1v) is 6.71. The van der Waals surface area contributed by atoms with Crippen LogP contribution in [0.4, 0.5) is 0 Å². The molecule has 0 atom stereocenters. The van der Waals surface area contributed by atoms with Gasteiger partial charge >= 0.3 is 0 Å². The highest BCUT2D eigenvalue weighted by molar-refractivity contribution is 6.33. The fraction of sp³-hybridized carbons (Fsp3) is 0.143. The standard InChI is InChI=1S/C14H11Cl2N3O/c1-8-13(9-3-5-10(20-2)6-4-9)14-17-11(15)7-12(16)19(14)18-8/h3-7H,1-2H3. The molecule has 6 heteroatoms. The summed E-state index contributed by atoms with van der Waals surface area (Å²) in [4.78, 5) is 4.33. The van der Waals surface area contributed by atoms with Crippen LogP contribution >= 0.6 is 23.2 Å². The third kappa shape index (κ3) is 2.11. The van der Waals surface area contributed by atoms with Crippen LogP contribution in [0.2, 0.25) is 10.3 Å². The van der Waals surface area contributed by atoms with Crippen molar-refractivity contribution < 1.29 is 4.74 Å². The number of nitrogens with zero attached hydrogens (tertiary/aromatic N) is 3. The van der Waals surface area contributed by atoms with Crippen molar-refractivity contribution in [3.8, 4) is 16.9 Å². The molecule has 0 N–H and O–H groups in total. The van der Waals surface area contributed by atoms with Crippen LogP contribution in [0.1, 0.15) is 5.69 Å². The second kappa shape index (κ2) is 4.96. The average molecular weight is 308 g/mol. The monoisotopic (exact) mass is 307 g/mol. The maximum atomic E-state index is 6.14. The van der Waals surface area contributed by atoms with E-state index in [1.807, 2.05) is 31.2 Å². The van der Waals surface area contributed by atoms with E-state index in [2.05, 4.69) is 10.1 Å². The fourth-order valence-electron chi connectivity index (χ4n) is 2.16. The van der Waals surface area contributed by atoms with Crippen LogP contribution < -0.4 is 4.74 Å². The minimum Gasteiger partial charge on any atom is -0.497 e. The molecular formula is C14H11Cl2N3O. The van der Waals surface area contributed by atoms with Crippen molar-refractivity contribution in [3.63, 3.8) is 0 Å². The summed E-state index contributed by atoms with van der Waals surface area (Å²) in [5.41, 5.74) is 3.39. The molecule has 0 aliphatic heterocycles. The minimum atomic E-state index is 0.345. The predicted molar refractivity (Wildman–Crippen MR) is 79.7 cm³/mol. The Hall–Kier alpha value is -1.78. The van der Waals surface area contributed by atoms with Crippen molar-refractivity contribution in [2.24, 2.45) is 0 Å². The van der Waals surface area contributed by atoms with Crippen LogP contribution in [0.3, 0.4) is 0 Å². The van der Waals surface area contributed by atoms with E-state index in [-0.39, 0.29) is 0 Å². The van der Waals surface area contributed by atoms with Crippen molar-refractivity contribution in [3.05, 3.63) is 46.3 Å². The Morgan fingerprint density at radius 1 is 1.15 bits per heavy atom. The molecule has 2 heterocycles. The molecule has 102 valence electrons. The molecule has 3 rings (SSSR count). The van der Waals surface area contributed by atoms with E-state index in [0.717, 1.165) is 22.6 Å². The number of fused-ring (bicyclic) bond motifs is 1. The Morgan fingerprint density at radius 2 is 1.85 bits per heavy atom. The van der Waals surface area contributed by atoms with E-state index in [9.17, 15) is 0 Å². The first kappa shape index (κ1) is 13.2. The third-order valence-electron chi connectivity index (χ3n) is 3.07. The highest BCUT2D eigenvalue weighted by atomic mass is 35.5. The fourth-order valence-corrected chi connectivity index (χ4v) is 2.62. The quantitative estimate of drug-likeness (QED) is 0.671. The zero-order valence-corrected chi connectivity index (χ0v) is 12.4. The lowest BCUT2D eigenvalue weighted by atomic mass is 10.1. The van der Waals surface area contributed by atoms with Crippen molar-refractivity contribution >= 4 is 28.8 Å². The number of aryl methyl sites for hydroxylation is 1. The van der Waals surface area contributed by atoms with E-state index in [1.165, 1.54) is 0 Å². The summed E-state index contributed by atoms with van der Waals surface area (Å²) in [7, 11) is 1.64. The normalized spacial score (nSPS) is 11.0. The van der Waals surface area contributed by atoms with E-state index in [4.69, 9.17) is 27.9 Å². The molecule has 0 saturated carbocycles. The van der Waals surface area contributed by atoms with Gasteiger partial charge in [-0.2, -0.15) is 5.10 Å². The smallest absolute Gasteiger partial charge is 0.166 e. The maximum absolute atomic E-state index is 6.14. The average Bonchev–Trinajstić information content (AvgIpc) is 2.76. The number of methoxy groups -OCH3 is 1. The molecule has 20 heavy (non-hydrogen) atoms. The summed E-state index contributed by atoms with van der Waals surface area (Å²) in [5.74, 6) is 0.798. The van der Waals surface area contributed by atoms with Gasteiger partial charge in [-0.05, 0) is 24.6 Å². The van der Waals surface area contributed by atoms with Crippen LogP contribution in [-0.2, 0) is 0 Å². The lowest BCUT2D eigenvalue weighted by Crippen LogP contribution is -1.92. The Balaban J connectivity index is 2.26. The summed E-state index contributed by atoms with van der Waals surface area (Å²) in [6.45, 7) is 1.92. The second-order valence-corrected chi connectivity index (χ2v) is 5.10. The number of rotatable bonds is 2. The van der Waals surface area contributed by atoms with Gasteiger partial charge in [-0.1, -0.05) is 35.3 Å². The molecule has 0 radical (unpaired) electrons. The van der Waals surface area contributed by atoms with Crippen molar-refractivity contribution in [1.82, 2.24) is 14.6 Å². The van der Waals surface area contributed by atoms with E-state index in [1.54, 1.807) is 17.7 Å². The molecule has 2 aromatic heterocycles. The van der Waals surface area contributed by atoms with E-state index < -0.39 is 0 Å². The zero-order valence-electron chi connectivity index (χ0n) is 10.9. The van der Waals surface area contributed by atoms with Gasteiger partial charge in [0, 0.05) is 11.6 Å². The molecule has 0 bridgehead atoms. The molecule has 1 aromatic carbocycles. The van der Waals surface area contributed by atoms with Gasteiger partial charge in [-0.25, -0.2) is 9.50 Å². The number of halogens is 2. The van der Waals surface area contributed by atoms with Gasteiger partial charge in [0.25, 0.3) is 0 Å². The minimum absolute atomic E-state index is 0.345. The molecular weight excluding hydrogens is 297 g/mol. The lowest BCUT2D eigenvalue weighted by molar-refractivity contribution is 0.415. The number of hydrogen-bond acceptors (Lipinski definition) is 3. The third-order valence-corrected chi connectivity index (χ3v) is 3.53. The van der Waals surface area contributed by atoms with Gasteiger partial charge in [0.15, 0.2) is 5.65 Å². The topological polar surface area (TPSA) is 39.4 Å². The Kier molecular flexibility index (Phi) is 3.28. The van der Waals surface area contributed by atoms with E-state index >= 15 is 0 Å². The van der Waals surface area contributed by atoms with Crippen LogP contribution in [-0.4, -0.2) is 21.7 Å². The molecule has 0 aliphatic carbocycles. The van der Waals surface area contributed by atoms with Gasteiger partial charge in [0.2, 0.25) is 0 Å². The molecule has 3 aromatic rings. The molecule has 0 amide bonds. The lowest BCUT2D eigenvalue weighted by Gasteiger charge is -2.03. The predicted octanol–water partition coefficient (Wildman–Crippen LogP) is 4.02.